The average molecular weight is 436 g/mol. The van der Waals surface area contributed by atoms with Crippen molar-refractivity contribution in [2.75, 3.05) is 12.0 Å². The summed E-state index contributed by atoms with van der Waals surface area (Å²) in [5.41, 5.74) is 1.55. The number of phenols is 1. The molecule has 0 spiro atoms. The predicted molar refractivity (Wildman–Crippen MR) is 117 cm³/mol. The van der Waals surface area contributed by atoms with E-state index < -0.39 is 17.7 Å². The largest absolute Gasteiger partial charge is 0.508 e. The Kier molecular flexibility index (Phi) is 5.24. The van der Waals surface area contributed by atoms with Gasteiger partial charge in [0.05, 0.1) is 24.4 Å². The number of hydrogen-bond donors (Lipinski definition) is 2. The number of aryl methyl sites for hydroxylation is 2. The number of ether oxygens (including phenoxy) is 1. The Bertz CT molecular complexity index is 1190. The molecule has 2 heterocycles. The van der Waals surface area contributed by atoms with Gasteiger partial charge < -0.3 is 14.9 Å². The molecule has 1 aliphatic heterocycles. The zero-order valence-electron chi connectivity index (χ0n) is 17.1. The van der Waals surface area contributed by atoms with E-state index in [0.29, 0.717) is 22.0 Å². The van der Waals surface area contributed by atoms with Gasteiger partial charge in [0.2, 0.25) is 0 Å². The number of aromatic hydroxyl groups is 1. The number of thiazole rings is 1. The maximum atomic E-state index is 13.1. The van der Waals surface area contributed by atoms with Gasteiger partial charge in [0, 0.05) is 10.4 Å². The number of aliphatic hydroxyl groups is 1. The van der Waals surface area contributed by atoms with Gasteiger partial charge in [-0.2, -0.15) is 0 Å². The first-order valence-electron chi connectivity index (χ1n) is 9.50. The summed E-state index contributed by atoms with van der Waals surface area (Å²) in [6, 6.07) is 11.9. The summed E-state index contributed by atoms with van der Waals surface area (Å²) >= 11 is 1.29. The van der Waals surface area contributed by atoms with E-state index in [1.54, 1.807) is 36.4 Å². The molecular weight excluding hydrogens is 416 g/mol. The first-order chi connectivity index (χ1) is 14.8. The Labute approximate surface area is 182 Å². The van der Waals surface area contributed by atoms with E-state index in [0.717, 1.165) is 10.6 Å². The molecule has 0 bridgehead atoms. The molecule has 2 N–H and O–H groups in total. The number of aliphatic hydroxyl groups excluding tert-OH is 1. The number of phenolic OH excluding ortho intramolecular Hbond substituents is 1. The van der Waals surface area contributed by atoms with Crippen LogP contribution in [0, 0.1) is 13.8 Å². The lowest BCUT2D eigenvalue weighted by Gasteiger charge is -2.23. The number of aromatic nitrogens is 1. The van der Waals surface area contributed by atoms with Crippen molar-refractivity contribution in [2.24, 2.45) is 0 Å². The SMILES string of the molecule is COc1ccc(C(O)=C2C(=O)C(=O)N(c3nc(C)c(C)s3)[C@@H]2c2cccc(O)c2)cc1. The highest BCUT2D eigenvalue weighted by Gasteiger charge is 2.48. The Balaban J connectivity index is 1.93. The summed E-state index contributed by atoms with van der Waals surface area (Å²) in [5.74, 6) is -1.32. The van der Waals surface area contributed by atoms with Crippen LogP contribution in [0.25, 0.3) is 5.76 Å². The zero-order chi connectivity index (χ0) is 22.3. The molecule has 4 rings (SSSR count). The van der Waals surface area contributed by atoms with E-state index in [-0.39, 0.29) is 17.1 Å². The van der Waals surface area contributed by atoms with Crippen LogP contribution in [0.15, 0.2) is 54.1 Å². The average Bonchev–Trinajstić information content (AvgIpc) is 3.23. The van der Waals surface area contributed by atoms with Crippen LogP contribution in [0.5, 0.6) is 11.5 Å². The van der Waals surface area contributed by atoms with Crippen molar-refractivity contribution in [1.82, 2.24) is 4.98 Å². The van der Waals surface area contributed by atoms with Crippen molar-refractivity contribution in [3.8, 4) is 11.5 Å². The standard InChI is InChI=1S/C23H20N2O5S/c1-12-13(2)31-23(24-12)25-19(15-5-4-6-16(26)11-15)18(21(28)22(25)29)20(27)14-7-9-17(30-3)10-8-14/h4-11,19,26-27H,1-3H3/t19-/m1/s1. The monoisotopic (exact) mass is 436 g/mol. The molecule has 1 aliphatic rings. The van der Waals surface area contributed by atoms with E-state index in [1.165, 1.54) is 35.5 Å². The van der Waals surface area contributed by atoms with Crippen LogP contribution >= 0.6 is 11.3 Å². The second-order valence-electron chi connectivity index (χ2n) is 7.13. The Hall–Kier alpha value is -3.65. The van der Waals surface area contributed by atoms with E-state index in [4.69, 9.17) is 4.74 Å². The van der Waals surface area contributed by atoms with Crippen molar-refractivity contribution in [1.29, 1.82) is 0 Å². The first-order valence-corrected chi connectivity index (χ1v) is 10.3. The van der Waals surface area contributed by atoms with Crippen LogP contribution in [-0.2, 0) is 9.59 Å². The Morgan fingerprint density at radius 2 is 1.84 bits per heavy atom. The van der Waals surface area contributed by atoms with Crippen LogP contribution in [-0.4, -0.2) is 34.0 Å². The number of nitrogens with zero attached hydrogens (tertiary/aromatic N) is 2. The summed E-state index contributed by atoms with van der Waals surface area (Å²) in [4.78, 5) is 32.8. The number of benzene rings is 2. The highest BCUT2D eigenvalue weighted by molar-refractivity contribution is 7.16. The maximum absolute atomic E-state index is 13.1. The van der Waals surface area contributed by atoms with Gasteiger partial charge in [0.1, 0.15) is 17.3 Å². The molecule has 0 aliphatic carbocycles. The minimum atomic E-state index is -0.931. The summed E-state index contributed by atoms with van der Waals surface area (Å²) < 4.78 is 5.14. The molecule has 1 amide bonds. The van der Waals surface area contributed by atoms with Gasteiger partial charge in [-0.3, -0.25) is 14.5 Å². The van der Waals surface area contributed by atoms with E-state index in [1.807, 2.05) is 13.8 Å². The van der Waals surface area contributed by atoms with Gasteiger partial charge in [-0.05, 0) is 55.8 Å². The number of carbonyl (C=O) groups excluding carboxylic acids is 2. The highest BCUT2D eigenvalue weighted by atomic mass is 32.1. The molecule has 3 aromatic rings. The van der Waals surface area contributed by atoms with E-state index >= 15 is 0 Å². The van der Waals surface area contributed by atoms with E-state index in [9.17, 15) is 19.8 Å². The quantitative estimate of drug-likeness (QED) is 0.363. The lowest BCUT2D eigenvalue weighted by atomic mass is 9.95. The third kappa shape index (κ3) is 3.55. The van der Waals surface area contributed by atoms with Crippen molar-refractivity contribution >= 4 is 33.9 Å². The minimum absolute atomic E-state index is 0.0148. The maximum Gasteiger partial charge on any atom is 0.301 e. The Morgan fingerprint density at radius 1 is 1.13 bits per heavy atom. The lowest BCUT2D eigenvalue weighted by Crippen LogP contribution is -2.29. The van der Waals surface area contributed by atoms with Gasteiger partial charge in [-0.1, -0.05) is 12.1 Å². The van der Waals surface area contributed by atoms with Crippen molar-refractivity contribution in [3.05, 3.63) is 75.8 Å². The van der Waals surface area contributed by atoms with Crippen LogP contribution in [0.1, 0.15) is 27.7 Å². The lowest BCUT2D eigenvalue weighted by molar-refractivity contribution is -0.132. The number of carbonyl (C=O) groups is 2. The van der Waals surface area contributed by atoms with Gasteiger partial charge in [0.25, 0.3) is 5.78 Å². The Morgan fingerprint density at radius 3 is 2.42 bits per heavy atom. The van der Waals surface area contributed by atoms with Crippen LogP contribution < -0.4 is 9.64 Å². The fraction of sp³-hybridized carbons (Fsp3) is 0.174. The molecule has 1 atom stereocenters. The molecule has 1 fully saturated rings. The smallest absolute Gasteiger partial charge is 0.301 e. The summed E-state index contributed by atoms with van der Waals surface area (Å²) in [7, 11) is 1.53. The number of amides is 1. The molecule has 1 aromatic heterocycles. The number of rotatable bonds is 4. The summed E-state index contributed by atoms with van der Waals surface area (Å²) in [6.07, 6.45) is 0. The second-order valence-corrected chi connectivity index (χ2v) is 8.31. The summed E-state index contributed by atoms with van der Waals surface area (Å²) in [5, 5.41) is 21.4. The third-order valence-corrected chi connectivity index (χ3v) is 6.29. The number of methoxy groups -OCH3 is 1. The fourth-order valence-electron chi connectivity index (χ4n) is 3.50. The van der Waals surface area contributed by atoms with Gasteiger partial charge in [-0.25, -0.2) is 4.98 Å². The molecule has 31 heavy (non-hydrogen) atoms. The topological polar surface area (TPSA) is 100.0 Å². The molecule has 1 saturated heterocycles. The predicted octanol–water partition coefficient (Wildman–Crippen LogP) is 4.10. The third-order valence-electron chi connectivity index (χ3n) is 5.22. The molecule has 7 nitrogen and oxygen atoms in total. The van der Waals surface area contributed by atoms with Crippen LogP contribution in [0.2, 0.25) is 0 Å². The molecule has 158 valence electrons. The fourth-order valence-corrected chi connectivity index (χ4v) is 4.44. The van der Waals surface area contributed by atoms with Crippen molar-refractivity contribution < 1.29 is 24.5 Å². The molecule has 0 unspecified atom stereocenters. The molecule has 0 radical (unpaired) electrons. The highest BCUT2D eigenvalue weighted by Crippen LogP contribution is 2.44. The molecule has 2 aromatic carbocycles. The first kappa shape index (κ1) is 20.6. The minimum Gasteiger partial charge on any atom is -0.508 e. The molecule has 0 saturated carbocycles. The van der Waals surface area contributed by atoms with Gasteiger partial charge in [-0.15, -0.1) is 11.3 Å². The van der Waals surface area contributed by atoms with E-state index in [2.05, 4.69) is 4.98 Å². The summed E-state index contributed by atoms with van der Waals surface area (Å²) in [6.45, 7) is 3.71. The number of ketones is 1. The van der Waals surface area contributed by atoms with Crippen LogP contribution in [0.3, 0.4) is 0 Å². The number of hydrogen-bond acceptors (Lipinski definition) is 7. The number of Topliss-reactive ketones (excluding diaryl/α,β-unsaturated/α-hetero) is 1. The number of anilines is 1. The van der Waals surface area contributed by atoms with Crippen LogP contribution in [0.4, 0.5) is 5.13 Å². The van der Waals surface area contributed by atoms with Gasteiger partial charge >= 0.3 is 5.91 Å². The van der Waals surface area contributed by atoms with Crippen molar-refractivity contribution in [3.63, 3.8) is 0 Å². The second kappa shape index (κ2) is 7.88. The molecular formula is C23H20N2O5S. The van der Waals surface area contributed by atoms with Crippen molar-refractivity contribution in [2.45, 2.75) is 19.9 Å². The zero-order valence-corrected chi connectivity index (χ0v) is 17.9. The molecule has 8 heteroatoms. The normalized spacial score (nSPS) is 17.9. The van der Waals surface area contributed by atoms with Gasteiger partial charge in [0.15, 0.2) is 5.13 Å².